The van der Waals surface area contributed by atoms with E-state index in [-0.39, 0.29) is 0 Å². The molecule has 84 valence electrons. The molecule has 0 aromatic rings. The molecule has 0 saturated heterocycles. The largest absolute Gasteiger partial charge is 0.362 e. The van der Waals surface area contributed by atoms with E-state index in [2.05, 4.69) is 45.0 Å². The number of thiocarbonyl (C=S) groups is 1. The summed E-state index contributed by atoms with van der Waals surface area (Å²) in [5.74, 6) is 1.35. The third-order valence-electron chi connectivity index (χ3n) is 2.29. The predicted molar refractivity (Wildman–Crippen MR) is 67.5 cm³/mol. The molecule has 0 bridgehead atoms. The third-order valence-corrected chi connectivity index (χ3v) is 2.75. The highest BCUT2D eigenvalue weighted by molar-refractivity contribution is 7.80. The van der Waals surface area contributed by atoms with Crippen LogP contribution in [0.15, 0.2) is 0 Å². The van der Waals surface area contributed by atoms with Crippen molar-refractivity contribution in [1.29, 1.82) is 0 Å². The van der Waals surface area contributed by atoms with Gasteiger partial charge in [0.25, 0.3) is 0 Å². The van der Waals surface area contributed by atoms with Crippen molar-refractivity contribution >= 4 is 17.3 Å². The molecule has 0 aliphatic heterocycles. The Balaban J connectivity index is 3.76. The summed E-state index contributed by atoms with van der Waals surface area (Å²) in [6.45, 7) is 10.8. The van der Waals surface area contributed by atoms with E-state index in [1.165, 1.54) is 6.42 Å². The zero-order valence-electron chi connectivity index (χ0n) is 10.1. The Bertz CT molecular complexity index is 169. The summed E-state index contributed by atoms with van der Waals surface area (Å²) in [6, 6.07) is 0. The van der Waals surface area contributed by atoms with E-state index < -0.39 is 0 Å². The quantitative estimate of drug-likeness (QED) is 0.711. The summed E-state index contributed by atoms with van der Waals surface area (Å²) >= 11 is 5.28. The first-order chi connectivity index (χ1) is 6.47. The molecule has 14 heavy (non-hydrogen) atoms. The lowest BCUT2D eigenvalue weighted by atomic mass is 10.1. The van der Waals surface area contributed by atoms with Crippen LogP contribution >= 0.6 is 12.2 Å². The van der Waals surface area contributed by atoms with Gasteiger partial charge in [0, 0.05) is 20.1 Å². The van der Waals surface area contributed by atoms with Crippen molar-refractivity contribution in [2.45, 2.75) is 34.1 Å². The molecule has 0 spiro atoms. The second-order valence-corrected chi connectivity index (χ2v) is 4.86. The van der Waals surface area contributed by atoms with Gasteiger partial charge in [0.2, 0.25) is 0 Å². The summed E-state index contributed by atoms with van der Waals surface area (Å²) < 4.78 is 0. The van der Waals surface area contributed by atoms with Crippen molar-refractivity contribution in [2.75, 3.05) is 20.1 Å². The van der Waals surface area contributed by atoms with Crippen molar-refractivity contribution in [2.24, 2.45) is 11.8 Å². The highest BCUT2D eigenvalue weighted by Crippen LogP contribution is 2.02. The van der Waals surface area contributed by atoms with E-state index in [1.807, 2.05) is 0 Å². The Hall–Kier alpha value is -0.310. The summed E-state index contributed by atoms with van der Waals surface area (Å²) in [5.41, 5.74) is 0. The molecular formula is C11H24N2S. The molecule has 0 heterocycles. The molecule has 0 fully saturated rings. The van der Waals surface area contributed by atoms with Crippen LogP contribution in [0.5, 0.6) is 0 Å². The Morgan fingerprint density at radius 1 is 1.36 bits per heavy atom. The van der Waals surface area contributed by atoms with Crippen LogP contribution in [-0.2, 0) is 0 Å². The molecule has 0 aromatic heterocycles. The fourth-order valence-electron chi connectivity index (χ4n) is 1.11. The normalized spacial score (nSPS) is 12.7. The molecule has 1 atom stereocenters. The van der Waals surface area contributed by atoms with Gasteiger partial charge in [-0.3, -0.25) is 0 Å². The van der Waals surface area contributed by atoms with Crippen LogP contribution in [0.4, 0.5) is 0 Å². The Kier molecular flexibility index (Phi) is 6.89. The molecule has 3 heteroatoms. The number of hydrogen-bond acceptors (Lipinski definition) is 1. The molecule has 0 aliphatic carbocycles. The SMILES string of the molecule is CCC(C)CN(C)C(=S)NCC(C)C. The number of rotatable bonds is 5. The summed E-state index contributed by atoms with van der Waals surface area (Å²) in [5, 5.41) is 4.14. The minimum absolute atomic E-state index is 0.643. The van der Waals surface area contributed by atoms with Gasteiger partial charge in [-0.25, -0.2) is 0 Å². The number of hydrogen-bond donors (Lipinski definition) is 1. The Labute approximate surface area is 94.1 Å². The zero-order chi connectivity index (χ0) is 11.1. The third kappa shape index (κ3) is 6.19. The van der Waals surface area contributed by atoms with E-state index in [9.17, 15) is 0 Å². The van der Waals surface area contributed by atoms with E-state index in [0.717, 1.165) is 18.2 Å². The van der Waals surface area contributed by atoms with E-state index in [1.54, 1.807) is 0 Å². The van der Waals surface area contributed by atoms with Crippen LogP contribution in [0.25, 0.3) is 0 Å². The molecule has 1 unspecified atom stereocenters. The fourth-order valence-corrected chi connectivity index (χ4v) is 1.26. The van der Waals surface area contributed by atoms with E-state index in [0.29, 0.717) is 11.8 Å². The monoisotopic (exact) mass is 216 g/mol. The molecule has 1 N–H and O–H groups in total. The predicted octanol–water partition coefficient (Wildman–Crippen LogP) is 2.49. The molecular weight excluding hydrogens is 192 g/mol. The first-order valence-electron chi connectivity index (χ1n) is 5.46. The average Bonchev–Trinajstić information content (AvgIpc) is 2.13. The van der Waals surface area contributed by atoms with Gasteiger partial charge in [0.05, 0.1) is 0 Å². The topological polar surface area (TPSA) is 15.3 Å². The average molecular weight is 216 g/mol. The van der Waals surface area contributed by atoms with Gasteiger partial charge in [0.15, 0.2) is 5.11 Å². The zero-order valence-corrected chi connectivity index (χ0v) is 10.9. The minimum atomic E-state index is 0.643. The second-order valence-electron chi connectivity index (χ2n) is 4.47. The first-order valence-corrected chi connectivity index (χ1v) is 5.87. The second kappa shape index (κ2) is 7.04. The van der Waals surface area contributed by atoms with E-state index >= 15 is 0 Å². The minimum Gasteiger partial charge on any atom is -0.362 e. The van der Waals surface area contributed by atoms with Crippen LogP contribution in [-0.4, -0.2) is 30.1 Å². The smallest absolute Gasteiger partial charge is 0.168 e. The lowest BCUT2D eigenvalue weighted by Crippen LogP contribution is -2.40. The molecule has 2 nitrogen and oxygen atoms in total. The van der Waals surface area contributed by atoms with Gasteiger partial charge >= 0.3 is 0 Å². The van der Waals surface area contributed by atoms with Crippen molar-refractivity contribution in [3.05, 3.63) is 0 Å². The summed E-state index contributed by atoms with van der Waals surface area (Å²) in [4.78, 5) is 2.13. The van der Waals surface area contributed by atoms with Gasteiger partial charge < -0.3 is 10.2 Å². The summed E-state index contributed by atoms with van der Waals surface area (Å²) in [6.07, 6.45) is 1.21. The van der Waals surface area contributed by atoms with Crippen molar-refractivity contribution in [1.82, 2.24) is 10.2 Å². The summed E-state index contributed by atoms with van der Waals surface area (Å²) in [7, 11) is 2.06. The van der Waals surface area contributed by atoms with Crippen LogP contribution in [0.2, 0.25) is 0 Å². The molecule has 0 rings (SSSR count). The van der Waals surface area contributed by atoms with Crippen molar-refractivity contribution in [3.63, 3.8) is 0 Å². The Morgan fingerprint density at radius 2 is 1.93 bits per heavy atom. The highest BCUT2D eigenvalue weighted by Gasteiger charge is 2.07. The number of nitrogens with one attached hydrogen (secondary N) is 1. The van der Waals surface area contributed by atoms with Gasteiger partial charge in [-0.1, -0.05) is 34.1 Å². The lowest BCUT2D eigenvalue weighted by Gasteiger charge is -2.24. The number of nitrogens with zero attached hydrogens (tertiary/aromatic N) is 1. The van der Waals surface area contributed by atoms with Crippen molar-refractivity contribution < 1.29 is 0 Å². The van der Waals surface area contributed by atoms with Crippen LogP contribution in [0.1, 0.15) is 34.1 Å². The lowest BCUT2D eigenvalue weighted by molar-refractivity contribution is 0.389. The van der Waals surface area contributed by atoms with Crippen LogP contribution < -0.4 is 5.32 Å². The molecule has 0 aliphatic rings. The maximum atomic E-state index is 5.28. The van der Waals surface area contributed by atoms with Crippen LogP contribution in [0, 0.1) is 11.8 Å². The van der Waals surface area contributed by atoms with Gasteiger partial charge in [-0.05, 0) is 24.1 Å². The van der Waals surface area contributed by atoms with E-state index in [4.69, 9.17) is 12.2 Å². The standard InChI is InChI=1S/C11H24N2S/c1-6-10(4)8-13(5)11(14)12-7-9(2)3/h9-10H,6-8H2,1-5H3,(H,12,14). The highest BCUT2D eigenvalue weighted by atomic mass is 32.1. The first kappa shape index (κ1) is 13.7. The maximum absolute atomic E-state index is 5.28. The van der Waals surface area contributed by atoms with Gasteiger partial charge in [0.1, 0.15) is 0 Å². The fraction of sp³-hybridized carbons (Fsp3) is 0.909. The van der Waals surface area contributed by atoms with Crippen molar-refractivity contribution in [3.8, 4) is 0 Å². The molecule has 0 aromatic carbocycles. The molecule has 0 saturated carbocycles. The van der Waals surface area contributed by atoms with Gasteiger partial charge in [-0.15, -0.1) is 0 Å². The van der Waals surface area contributed by atoms with Crippen LogP contribution in [0.3, 0.4) is 0 Å². The molecule has 0 radical (unpaired) electrons. The Morgan fingerprint density at radius 3 is 2.36 bits per heavy atom. The molecule has 0 amide bonds. The van der Waals surface area contributed by atoms with Gasteiger partial charge in [-0.2, -0.15) is 0 Å². The maximum Gasteiger partial charge on any atom is 0.168 e.